The fourth-order valence-electron chi connectivity index (χ4n) is 3.43. The van der Waals surface area contributed by atoms with E-state index in [2.05, 4.69) is 15.0 Å². The van der Waals surface area contributed by atoms with Crippen molar-refractivity contribution in [1.29, 1.82) is 5.26 Å². The van der Waals surface area contributed by atoms with E-state index in [1.165, 1.54) is 12.1 Å². The minimum absolute atomic E-state index is 0.00152. The van der Waals surface area contributed by atoms with E-state index in [1.807, 2.05) is 37.3 Å². The first kappa shape index (κ1) is 19.6. The molecule has 0 aliphatic carbocycles. The topological polar surface area (TPSA) is 86.3 Å². The third-order valence-electron chi connectivity index (χ3n) is 5.16. The molecule has 0 radical (unpaired) electrons. The quantitative estimate of drug-likeness (QED) is 0.662. The molecule has 0 spiro atoms. The SMILES string of the molecule is CCc1nc(-c2ccc(N3CCN(C(=O)c4ccc(C#N)cc4F)CC3)cc2)no1. The van der Waals surface area contributed by atoms with E-state index >= 15 is 0 Å². The molecule has 7 nitrogen and oxygen atoms in total. The molecule has 8 heteroatoms. The Balaban J connectivity index is 1.39. The second-order valence-corrected chi connectivity index (χ2v) is 7.00. The Morgan fingerprint density at radius 2 is 1.90 bits per heavy atom. The number of aryl methyl sites for hydroxylation is 1. The van der Waals surface area contributed by atoms with Gasteiger partial charge in [-0.3, -0.25) is 4.79 Å². The van der Waals surface area contributed by atoms with Gasteiger partial charge >= 0.3 is 0 Å². The number of carbonyl (C=O) groups is 1. The summed E-state index contributed by atoms with van der Waals surface area (Å²) in [6.07, 6.45) is 0.695. The Morgan fingerprint density at radius 1 is 1.17 bits per heavy atom. The second-order valence-electron chi connectivity index (χ2n) is 7.00. The summed E-state index contributed by atoms with van der Waals surface area (Å²) in [6, 6.07) is 13.7. The standard InChI is InChI=1S/C22H20FN5O2/c1-2-20-25-21(26-30-20)16-4-6-17(7-5-16)27-9-11-28(12-10-27)22(29)18-8-3-15(14-24)13-19(18)23/h3-8,13H,2,9-12H2,1H3. The smallest absolute Gasteiger partial charge is 0.256 e. The molecule has 0 saturated carbocycles. The number of nitriles is 1. The van der Waals surface area contributed by atoms with Gasteiger partial charge in [-0.1, -0.05) is 12.1 Å². The molecule has 0 unspecified atom stereocenters. The number of rotatable bonds is 4. The lowest BCUT2D eigenvalue weighted by Gasteiger charge is -2.36. The number of aromatic nitrogens is 2. The van der Waals surface area contributed by atoms with Crippen LogP contribution >= 0.6 is 0 Å². The van der Waals surface area contributed by atoms with Gasteiger partial charge in [0, 0.05) is 43.9 Å². The summed E-state index contributed by atoms with van der Waals surface area (Å²) in [5, 5.41) is 12.8. The summed E-state index contributed by atoms with van der Waals surface area (Å²) in [7, 11) is 0. The van der Waals surface area contributed by atoms with Crippen molar-refractivity contribution in [3.05, 3.63) is 65.3 Å². The molecule has 0 atom stereocenters. The van der Waals surface area contributed by atoms with Gasteiger partial charge in [0.15, 0.2) is 0 Å². The maximum atomic E-state index is 14.2. The number of nitrogens with zero attached hydrogens (tertiary/aromatic N) is 5. The van der Waals surface area contributed by atoms with Crippen LogP contribution in [0.5, 0.6) is 0 Å². The van der Waals surface area contributed by atoms with E-state index in [1.54, 1.807) is 4.90 Å². The van der Waals surface area contributed by atoms with Crippen molar-refractivity contribution >= 4 is 11.6 Å². The molecule has 2 aromatic carbocycles. The van der Waals surface area contributed by atoms with Crippen LogP contribution in [0, 0.1) is 17.1 Å². The fraction of sp³-hybridized carbons (Fsp3) is 0.273. The maximum absolute atomic E-state index is 14.2. The monoisotopic (exact) mass is 405 g/mol. The molecule has 0 N–H and O–H groups in total. The van der Waals surface area contributed by atoms with Crippen LogP contribution in [-0.4, -0.2) is 47.1 Å². The van der Waals surface area contributed by atoms with Crippen LogP contribution in [0.15, 0.2) is 47.0 Å². The highest BCUT2D eigenvalue weighted by Gasteiger charge is 2.24. The first-order valence-electron chi connectivity index (χ1n) is 9.76. The number of hydrogen-bond donors (Lipinski definition) is 0. The zero-order valence-electron chi connectivity index (χ0n) is 16.5. The van der Waals surface area contributed by atoms with Crippen molar-refractivity contribution in [3.63, 3.8) is 0 Å². The largest absolute Gasteiger partial charge is 0.368 e. The number of benzene rings is 2. The van der Waals surface area contributed by atoms with Crippen molar-refractivity contribution in [2.75, 3.05) is 31.1 Å². The second kappa shape index (κ2) is 8.33. The molecule has 152 valence electrons. The molecule has 1 fully saturated rings. The lowest BCUT2D eigenvalue weighted by atomic mass is 10.1. The van der Waals surface area contributed by atoms with Crippen molar-refractivity contribution in [2.45, 2.75) is 13.3 Å². The van der Waals surface area contributed by atoms with E-state index in [0.29, 0.717) is 44.3 Å². The lowest BCUT2D eigenvalue weighted by Crippen LogP contribution is -2.49. The first-order chi connectivity index (χ1) is 14.6. The Hall–Kier alpha value is -3.73. The van der Waals surface area contributed by atoms with Gasteiger partial charge in [-0.05, 0) is 42.5 Å². The molecule has 1 amide bonds. The van der Waals surface area contributed by atoms with Gasteiger partial charge in [-0.25, -0.2) is 4.39 Å². The summed E-state index contributed by atoms with van der Waals surface area (Å²) >= 11 is 0. The maximum Gasteiger partial charge on any atom is 0.256 e. The zero-order chi connectivity index (χ0) is 21.1. The highest BCUT2D eigenvalue weighted by molar-refractivity contribution is 5.94. The normalized spacial score (nSPS) is 13.9. The summed E-state index contributed by atoms with van der Waals surface area (Å²) in [6.45, 7) is 4.23. The van der Waals surface area contributed by atoms with E-state index < -0.39 is 5.82 Å². The summed E-state index contributed by atoms with van der Waals surface area (Å²) in [5.41, 5.74) is 2.12. The zero-order valence-corrected chi connectivity index (χ0v) is 16.5. The Morgan fingerprint density at radius 3 is 2.50 bits per heavy atom. The number of carbonyl (C=O) groups excluding carboxylic acids is 1. The molecule has 0 bridgehead atoms. The molecule has 2 heterocycles. The van der Waals surface area contributed by atoms with Gasteiger partial charge in [0.25, 0.3) is 5.91 Å². The van der Waals surface area contributed by atoms with Gasteiger partial charge in [0.05, 0.1) is 17.2 Å². The number of amides is 1. The van der Waals surface area contributed by atoms with E-state index in [9.17, 15) is 9.18 Å². The van der Waals surface area contributed by atoms with Gasteiger partial charge in [-0.15, -0.1) is 0 Å². The van der Waals surface area contributed by atoms with E-state index in [-0.39, 0.29) is 17.0 Å². The highest BCUT2D eigenvalue weighted by Crippen LogP contribution is 2.23. The molecule has 1 aliphatic heterocycles. The van der Waals surface area contributed by atoms with Gasteiger partial charge < -0.3 is 14.3 Å². The van der Waals surface area contributed by atoms with Crippen molar-refractivity contribution in [1.82, 2.24) is 15.0 Å². The first-order valence-corrected chi connectivity index (χ1v) is 9.76. The van der Waals surface area contributed by atoms with E-state index in [0.717, 1.165) is 17.3 Å². The Bertz CT molecular complexity index is 1100. The molecule has 3 aromatic rings. The van der Waals surface area contributed by atoms with Gasteiger partial charge in [-0.2, -0.15) is 10.2 Å². The van der Waals surface area contributed by atoms with Gasteiger partial charge in [0.1, 0.15) is 5.82 Å². The predicted molar refractivity (Wildman–Crippen MR) is 108 cm³/mol. The van der Waals surface area contributed by atoms with Crippen LogP contribution in [0.4, 0.5) is 10.1 Å². The number of piperazine rings is 1. The Kier molecular flexibility index (Phi) is 5.44. The third-order valence-corrected chi connectivity index (χ3v) is 5.16. The molecule has 1 aliphatic rings. The average molecular weight is 405 g/mol. The molecule has 1 saturated heterocycles. The van der Waals surface area contributed by atoms with Crippen molar-refractivity contribution < 1.29 is 13.7 Å². The molecule has 30 heavy (non-hydrogen) atoms. The van der Waals surface area contributed by atoms with Crippen molar-refractivity contribution in [3.8, 4) is 17.5 Å². The molecular formula is C22H20FN5O2. The number of anilines is 1. The molecule has 1 aromatic heterocycles. The summed E-state index contributed by atoms with van der Waals surface area (Å²) in [5.74, 6) is 0.160. The average Bonchev–Trinajstić information content (AvgIpc) is 3.28. The molecular weight excluding hydrogens is 385 g/mol. The van der Waals surface area contributed by atoms with Crippen LogP contribution in [0.3, 0.4) is 0 Å². The van der Waals surface area contributed by atoms with Crippen LogP contribution in [0.25, 0.3) is 11.4 Å². The number of hydrogen-bond acceptors (Lipinski definition) is 6. The third kappa shape index (κ3) is 3.87. The minimum Gasteiger partial charge on any atom is -0.368 e. The lowest BCUT2D eigenvalue weighted by molar-refractivity contribution is 0.0742. The number of halogens is 1. The summed E-state index contributed by atoms with van der Waals surface area (Å²) in [4.78, 5) is 20.8. The van der Waals surface area contributed by atoms with Crippen LogP contribution in [0.1, 0.15) is 28.7 Å². The summed E-state index contributed by atoms with van der Waals surface area (Å²) < 4.78 is 19.3. The van der Waals surface area contributed by atoms with Gasteiger partial charge in [0.2, 0.25) is 11.7 Å². The van der Waals surface area contributed by atoms with Crippen molar-refractivity contribution in [2.24, 2.45) is 0 Å². The van der Waals surface area contributed by atoms with Crippen LogP contribution in [0.2, 0.25) is 0 Å². The van der Waals surface area contributed by atoms with Crippen LogP contribution in [-0.2, 0) is 6.42 Å². The van der Waals surface area contributed by atoms with Crippen LogP contribution < -0.4 is 4.90 Å². The fourth-order valence-corrected chi connectivity index (χ4v) is 3.43. The molecule has 4 rings (SSSR count). The Labute approximate surface area is 173 Å². The highest BCUT2D eigenvalue weighted by atomic mass is 19.1. The predicted octanol–water partition coefficient (Wildman–Crippen LogP) is 3.27. The van der Waals surface area contributed by atoms with E-state index in [4.69, 9.17) is 9.78 Å². The minimum atomic E-state index is -0.662.